The minimum Gasteiger partial charge on any atom is -0.462 e. The fourth-order valence-electron chi connectivity index (χ4n) is 2.79. The zero-order valence-electron chi connectivity index (χ0n) is 18.5. The summed E-state index contributed by atoms with van der Waals surface area (Å²) in [5, 5.41) is 1.81. The molecular formula is C21H19F6NO6S. The van der Waals surface area contributed by atoms with Gasteiger partial charge in [0, 0.05) is 12.7 Å². The summed E-state index contributed by atoms with van der Waals surface area (Å²) in [6.07, 6.45) is -10.3. The van der Waals surface area contributed by atoms with Crippen molar-refractivity contribution in [3.05, 3.63) is 50.9 Å². The highest BCUT2D eigenvalue weighted by molar-refractivity contribution is 7.18. The van der Waals surface area contributed by atoms with Gasteiger partial charge in [-0.1, -0.05) is 0 Å². The highest BCUT2D eigenvalue weighted by Crippen LogP contribution is 2.38. The first-order valence-electron chi connectivity index (χ1n) is 9.78. The molecule has 1 amide bonds. The number of anilines is 1. The molecule has 0 radical (unpaired) electrons. The highest BCUT2D eigenvalue weighted by atomic mass is 32.1. The van der Waals surface area contributed by atoms with Gasteiger partial charge in [0.05, 0.1) is 29.9 Å². The van der Waals surface area contributed by atoms with Gasteiger partial charge in [-0.05, 0) is 37.6 Å². The molecule has 0 aliphatic carbocycles. The van der Waals surface area contributed by atoms with Gasteiger partial charge in [0.15, 0.2) is 0 Å². The molecule has 0 spiro atoms. The molecule has 192 valence electrons. The maximum absolute atomic E-state index is 13.1. The fourth-order valence-corrected chi connectivity index (χ4v) is 3.87. The molecule has 0 fully saturated rings. The van der Waals surface area contributed by atoms with E-state index in [1.807, 2.05) is 0 Å². The molecule has 14 heteroatoms. The first kappa shape index (κ1) is 28.1. The number of benzene rings is 1. The smallest absolute Gasteiger partial charge is 0.416 e. The van der Waals surface area contributed by atoms with Crippen LogP contribution in [-0.4, -0.2) is 44.8 Å². The second-order valence-corrected chi connectivity index (χ2v) is 7.88. The Morgan fingerprint density at radius 2 is 1.49 bits per heavy atom. The first-order valence-corrected chi connectivity index (χ1v) is 10.6. The molecule has 0 atom stereocenters. The van der Waals surface area contributed by atoms with Gasteiger partial charge in [0.25, 0.3) is 5.91 Å². The Kier molecular flexibility index (Phi) is 8.89. The number of carbonyl (C=O) groups is 3. The highest BCUT2D eigenvalue weighted by Gasteiger charge is 2.38. The number of ether oxygens (including phenoxy) is 3. The third-order valence-electron chi connectivity index (χ3n) is 4.41. The van der Waals surface area contributed by atoms with Crippen LogP contribution in [0, 0.1) is 6.92 Å². The molecule has 35 heavy (non-hydrogen) atoms. The number of hydrogen-bond donors (Lipinski definition) is 1. The zero-order valence-corrected chi connectivity index (χ0v) is 19.3. The number of nitrogens with one attached hydrogen (secondary N) is 1. The van der Waals surface area contributed by atoms with Crippen LogP contribution in [0.4, 0.5) is 31.3 Å². The molecule has 1 heterocycles. The summed E-state index contributed by atoms with van der Waals surface area (Å²) in [5.41, 5.74) is -4.57. The van der Waals surface area contributed by atoms with Gasteiger partial charge in [0.2, 0.25) is 0 Å². The molecule has 1 N–H and O–H groups in total. The van der Waals surface area contributed by atoms with Crippen LogP contribution >= 0.6 is 11.3 Å². The summed E-state index contributed by atoms with van der Waals surface area (Å²) >= 11 is 0.556. The van der Waals surface area contributed by atoms with Crippen molar-refractivity contribution in [2.45, 2.75) is 26.2 Å². The summed E-state index contributed by atoms with van der Waals surface area (Å²) in [6, 6.07) is 0.369. The number of amides is 1. The van der Waals surface area contributed by atoms with Gasteiger partial charge >= 0.3 is 24.3 Å². The van der Waals surface area contributed by atoms with E-state index in [2.05, 4.69) is 5.32 Å². The van der Waals surface area contributed by atoms with Crippen molar-refractivity contribution in [3.8, 4) is 0 Å². The third kappa shape index (κ3) is 6.94. The number of carbonyl (C=O) groups excluding carboxylic acids is 3. The molecule has 0 aliphatic heterocycles. The van der Waals surface area contributed by atoms with Crippen LogP contribution in [0.25, 0.3) is 0 Å². The Balaban J connectivity index is 2.51. The summed E-state index contributed by atoms with van der Waals surface area (Å²) in [4.78, 5) is 37.4. The Labute approximate surface area is 199 Å². The number of alkyl halides is 6. The normalized spacial score (nSPS) is 11.8. The standard InChI is InChI=1S/C21H19F6NO6S/c1-4-33-18(30)14-10(2)15(19(31)34-6-5-32-3)35-17(14)28-16(29)11-7-12(20(22,23)24)9-13(8-11)21(25,26)27/h7-9H,4-6H2,1-3H3,(H,28,29). The van der Waals surface area contributed by atoms with E-state index in [1.54, 1.807) is 0 Å². The van der Waals surface area contributed by atoms with Crippen LogP contribution in [-0.2, 0) is 26.6 Å². The molecular weight excluding hydrogens is 508 g/mol. The number of hydrogen-bond acceptors (Lipinski definition) is 7. The van der Waals surface area contributed by atoms with Gasteiger partial charge in [-0.25, -0.2) is 9.59 Å². The number of esters is 2. The van der Waals surface area contributed by atoms with E-state index < -0.39 is 46.9 Å². The second kappa shape index (κ2) is 11.1. The lowest BCUT2D eigenvalue weighted by molar-refractivity contribution is -0.143. The van der Waals surface area contributed by atoms with Crippen molar-refractivity contribution in [1.82, 2.24) is 0 Å². The largest absolute Gasteiger partial charge is 0.462 e. The van der Waals surface area contributed by atoms with Crippen LogP contribution in [0.1, 0.15) is 54.0 Å². The van der Waals surface area contributed by atoms with Gasteiger partial charge in [0.1, 0.15) is 16.5 Å². The van der Waals surface area contributed by atoms with E-state index in [0.717, 1.165) is 0 Å². The van der Waals surface area contributed by atoms with Crippen molar-refractivity contribution in [1.29, 1.82) is 0 Å². The molecule has 0 unspecified atom stereocenters. The van der Waals surface area contributed by atoms with E-state index in [9.17, 15) is 40.7 Å². The van der Waals surface area contributed by atoms with E-state index in [1.165, 1.54) is 21.0 Å². The maximum atomic E-state index is 13.1. The molecule has 1 aromatic heterocycles. The van der Waals surface area contributed by atoms with Crippen LogP contribution in [0.5, 0.6) is 0 Å². The van der Waals surface area contributed by atoms with Crippen molar-refractivity contribution >= 4 is 34.2 Å². The molecule has 0 saturated carbocycles. The quantitative estimate of drug-likeness (QED) is 0.284. The number of rotatable bonds is 8. The van der Waals surface area contributed by atoms with E-state index in [4.69, 9.17) is 14.2 Å². The lowest BCUT2D eigenvalue weighted by Crippen LogP contribution is -2.18. The van der Waals surface area contributed by atoms with Gasteiger partial charge in [-0.2, -0.15) is 26.3 Å². The number of thiophene rings is 1. The minimum absolute atomic E-state index is 0.0474. The topological polar surface area (TPSA) is 90.9 Å². The summed E-state index contributed by atoms with van der Waals surface area (Å²) in [7, 11) is 1.37. The summed E-state index contributed by atoms with van der Waals surface area (Å²) in [6.45, 7) is 2.68. The van der Waals surface area contributed by atoms with Gasteiger partial charge < -0.3 is 19.5 Å². The average Bonchev–Trinajstić information content (AvgIpc) is 3.08. The van der Waals surface area contributed by atoms with E-state index in [-0.39, 0.29) is 59.0 Å². The van der Waals surface area contributed by atoms with E-state index in [0.29, 0.717) is 11.3 Å². The molecule has 0 bridgehead atoms. The molecule has 1 aromatic carbocycles. The molecule has 2 rings (SSSR count). The Hall–Kier alpha value is -3.13. The van der Waals surface area contributed by atoms with Crippen LogP contribution in [0.3, 0.4) is 0 Å². The first-order chi connectivity index (χ1) is 16.2. The molecule has 7 nitrogen and oxygen atoms in total. The van der Waals surface area contributed by atoms with Crippen LogP contribution < -0.4 is 5.32 Å². The Morgan fingerprint density at radius 1 is 0.914 bits per heavy atom. The van der Waals surface area contributed by atoms with Crippen molar-refractivity contribution in [2.75, 3.05) is 32.2 Å². The van der Waals surface area contributed by atoms with Gasteiger partial charge in [-0.3, -0.25) is 4.79 Å². The van der Waals surface area contributed by atoms with Crippen molar-refractivity contribution < 1.29 is 54.9 Å². The SMILES string of the molecule is CCOC(=O)c1c(NC(=O)c2cc(C(F)(F)F)cc(C(F)(F)F)c2)sc(C(=O)OCCOC)c1C. The fraction of sp³-hybridized carbons (Fsp3) is 0.381. The Bertz CT molecular complexity index is 1080. The minimum atomic E-state index is -5.16. The zero-order chi connectivity index (χ0) is 26.6. The average molecular weight is 527 g/mol. The molecule has 0 aliphatic rings. The maximum Gasteiger partial charge on any atom is 0.416 e. The summed E-state index contributed by atoms with van der Waals surface area (Å²) < 4.78 is 93.5. The van der Waals surface area contributed by atoms with E-state index >= 15 is 0 Å². The van der Waals surface area contributed by atoms with Crippen LogP contribution in [0.15, 0.2) is 18.2 Å². The lowest BCUT2D eigenvalue weighted by Gasteiger charge is -2.14. The number of halogens is 6. The second-order valence-electron chi connectivity index (χ2n) is 6.86. The van der Waals surface area contributed by atoms with Crippen molar-refractivity contribution in [2.24, 2.45) is 0 Å². The number of methoxy groups -OCH3 is 1. The molecule has 2 aromatic rings. The monoisotopic (exact) mass is 527 g/mol. The lowest BCUT2D eigenvalue weighted by atomic mass is 10.0. The van der Waals surface area contributed by atoms with Crippen molar-refractivity contribution in [3.63, 3.8) is 0 Å². The third-order valence-corrected chi connectivity index (χ3v) is 5.60. The van der Waals surface area contributed by atoms with Gasteiger partial charge in [-0.15, -0.1) is 11.3 Å². The predicted molar refractivity (Wildman–Crippen MR) is 112 cm³/mol. The predicted octanol–water partition coefficient (Wildman–Crippen LogP) is 5.33. The Morgan fingerprint density at radius 3 is 1.97 bits per heavy atom. The summed E-state index contributed by atoms with van der Waals surface area (Å²) in [5.74, 6) is -3.21. The van der Waals surface area contributed by atoms with Crippen LogP contribution in [0.2, 0.25) is 0 Å². The molecule has 0 saturated heterocycles.